The number of halogens is 1. The fourth-order valence-electron chi connectivity index (χ4n) is 2.17. The highest BCUT2D eigenvalue weighted by molar-refractivity contribution is 14.1. The number of rotatable bonds is 1. The predicted octanol–water partition coefficient (Wildman–Crippen LogP) is 2.25. The second-order valence-corrected chi connectivity index (χ2v) is 5.80. The third-order valence-electron chi connectivity index (χ3n) is 2.90. The maximum Gasteiger partial charge on any atom is 0.254 e. The lowest BCUT2D eigenvalue weighted by Gasteiger charge is -2.35. The monoisotopic (exact) mass is 361 g/mol. The Labute approximate surface area is 120 Å². The van der Waals surface area contributed by atoms with Crippen molar-refractivity contribution in [3.05, 3.63) is 27.3 Å². The molecule has 1 fully saturated rings. The van der Waals surface area contributed by atoms with Crippen molar-refractivity contribution in [3.63, 3.8) is 0 Å². The third-order valence-corrected chi connectivity index (χ3v) is 3.81. The molecule has 1 aromatic carbocycles. The van der Waals surface area contributed by atoms with E-state index in [0.717, 1.165) is 3.57 Å². The molecule has 1 aliphatic rings. The molecule has 0 saturated carbocycles. The van der Waals surface area contributed by atoms with E-state index in [9.17, 15) is 9.90 Å². The molecule has 1 amide bonds. The van der Waals surface area contributed by atoms with Gasteiger partial charge in [-0.2, -0.15) is 0 Å². The van der Waals surface area contributed by atoms with Gasteiger partial charge in [-0.3, -0.25) is 4.79 Å². The molecule has 5 heteroatoms. The van der Waals surface area contributed by atoms with E-state index >= 15 is 0 Å². The number of phenolic OH excluding ortho intramolecular Hbond substituents is 1. The third kappa shape index (κ3) is 2.95. The summed E-state index contributed by atoms with van der Waals surface area (Å²) in [6.07, 6.45) is 0.102. The Balaban J connectivity index is 2.17. The molecule has 1 saturated heterocycles. The van der Waals surface area contributed by atoms with Gasteiger partial charge in [-0.05, 0) is 54.6 Å². The molecule has 0 radical (unpaired) electrons. The Hall–Kier alpha value is -0.820. The molecule has 1 N–H and O–H groups in total. The van der Waals surface area contributed by atoms with E-state index in [1.54, 1.807) is 17.0 Å². The van der Waals surface area contributed by atoms with E-state index in [1.807, 2.05) is 36.4 Å². The summed E-state index contributed by atoms with van der Waals surface area (Å²) in [4.78, 5) is 14.1. The van der Waals surface area contributed by atoms with Crippen LogP contribution in [0.25, 0.3) is 0 Å². The fraction of sp³-hybridized carbons (Fsp3) is 0.462. The average Bonchev–Trinajstić information content (AvgIpc) is 2.30. The summed E-state index contributed by atoms with van der Waals surface area (Å²) in [5.41, 5.74) is 0.522. The molecular formula is C13H16INO3. The number of carbonyl (C=O) groups excluding carboxylic acids is 1. The zero-order valence-corrected chi connectivity index (χ0v) is 12.5. The lowest BCUT2D eigenvalue weighted by atomic mass is 10.1. The quantitative estimate of drug-likeness (QED) is 0.781. The molecule has 18 heavy (non-hydrogen) atoms. The van der Waals surface area contributed by atoms with Gasteiger partial charge in [0.15, 0.2) is 0 Å². The largest absolute Gasteiger partial charge is 0.507 e. The normalized spacial score (nSPS) is 24.1. The molecule has 2 rings (SSSR count). The number of benzene rings is 1. The van der Waals surface area contributed by atoms with Crippen molar-refractivity contribution in [1.29, 1.82) is 0 Å². The Morgan fingerprint density at radius 3 is 2.56 bits per heavy atom. The number of aromatic hydroxyl groups is 1. The van der Waals surface area contributed by atoms with Gasteiger partial charge in [0.1, 0.15) is 5.75 Å². The van der Waals surface area contributed by atoms with E-state index in [4.69, 9.17) is 4.74 Å². The first-order valence-corrected chi connectivity index (χ1v) is 6.98. The van der Waals surface area contributed by atoms with Gasteiger partial charge < -0.3 is 14.7 Å². The molecule has 1 aromatic rings. The second-order valence-electron chi connectivity index (χ2n) is 4.63. The minimum absolute atomic E-state index is 0.0511. The van der Waals surface area contributed by atoms with Crippen LogP contribution in [-0.4, -0.2) is 41.2 Å². The molecule has 98 valence electrons. The van der Waals surface area contributed by atoms with Crippen LogP contribution >= 0.6 is 22.6 Å². The molecule has 0 aliphatic carbocycles. The van der Waals surface area contributed by atoms with Crippen LogP contribution in [0, 0.1) is 3.57 Å². The van der Waals surface area contributed by atoms with E-state index in [0.29, 0.717) is 18.7 Å². The molecule has 2 atom stereocenters. The summed E-state index contributed by atoms with van der Waals surface area (Å²) in [7, 11) is 0. The summed E-state index contributed by atoms with van der Waals surface area (Å²) < 4.78 is 6.34. The highest BCUT2D eigenvalue weighted by atomic mass is 127. The smallest absolute Gasteiger partial charge is 0.254 e. The number of carbonyl (C=O) groups is 1. The highest BCUT2D eigenvalue weighted by Crippen LogP contribution is 2.22. The van der Waals surface area contributed by atoms with Crippen molar-refractivity contribution in [3.8, 4) is 5.75 Å². The van der Waals surface area contributed by atoms with Gasteiger partial charge in [0.05, 0.1) is 15.8 Å². The van der Waals surface area contributed by atoms with E-state index in [1.165, 1.54) is 6.07 Å². The number of morpholine rings is 1. The van der Waals surface area contributed by atoms with Gasteiger partial charge in [0.25, 0.3) is 5.91 Å². The zero-order valence-electron chi connectivity index (χ0n) is 10.4. The Morgan fingerprint density at radius 1 is 1.39 bits per heavy atom. The SMILES string of the molecule is CC1CN(C(=O)c2ccc(I)c(O)c2)CC(C)O1. The van der Waals surface area contributed by atoms with Crippen LogP contribution in [-0.2, 0) is 4.74 Å². The molecule has 1 aliphatic heterocycles. The summed E-state index contributed by atoms with van der Waals surface area (Å²) in [6, 6.07) is 5.01. The van der Waals surface area contributed by atoms with Crippen LogP contribution in [0.3, 0.4) is 0 Å². The Kier molecular flexibility index (Phi) is 4.11. The standard InChI is InChI=1S/C13H16INO3/c1-8-6-15(7-9(2)18-8)13(17)10-3-4-11(14)12(16)5-10/h3-5,8-9,16H,6-7H2,1-2H3. The number of amides is 1. The molecule has 4 nitrogen and oxygen atoms in total. The first-order chi connectivity index (χ1) is 8.47. The van der Waals surface area contributed by atoms with Gasteiger partial charge in [-0.15, -0.1) is 0 Å². The van der Waals surface area contributed by atoms with Crippen molar-refractivity contribution in [2.45, 2.75) is 26.1 Å². The van der Waals surface area contributed by atoms with E-state index < -0.39 is 0 Å². The minimum Gasteiger partial charge on any atom is -0.507 e. The summed E-state index contributed by atoms with van der Waals surface area (Å²) >= 11 is 2.03. The minimum atomic E-state index is -0.0521. The Morgan fingerprint density at radius 2 is 2.00 bits per heavy atom. The zero-order chi connectivity index (χ0) is 13.3. The van der Waals surface area contributed by atoms with E-state index in [2.05, 4.69) is 0 Å². The first kappa shape index (κ1) is 13.6. The van der Waals surface area contributed by atoms with Crippen LogP contribution in [0.2, 0.25) is 0 Å². The number of ether oxygens (including phenoxy) is 1. The molecule has 0 bridgehead atoms. The van der Waals surface area contributed by atoms with Crippen LogP contribution in [0.15, 0.2) is 18.2 Å². The molecule has 2 unspecified atom stereocenters. The van der Waals surface area contributed by atoms with Crippen molar-refractivity contribution in [1.82, 2.24) is 4.90 Å². The molecule has 1 heterocycles. The number of nitrogens with zero attached hydrogens (tertiary/aromatic N) is 1. The molecule has 0 spiro atoms. The predicted molar refractivity (Wildman–Crippen MR) is 76.7 cm³/mol. The lowest BCUT2D eigenvalue weighted by Crippen LogP contribution is -2.48. The van der Waals surface area contributed by atoms with Crippen LogP contribution in [0.5, 0.6) is 5.75 Å². The van der Waals surface area contributed by atoms with Crippen molar-refractivity contribution < 1.29 is 14.6 Å². The van der Waals surface area contributed by atoms with Gasteiger partial charge in [0.2, 0.25) is 0 Å². The van der Waals surface area contributed by atoms with Crippen LogP contribution in [0.4, 0.5) is 0 Å². The lowest BCUT2D eigenvalue weighted by molar-refractivity contribution is -0.0586. The van der Waals surface area contributed by atoms with Gasteiger partial charge in [-0.25, -0.2) is 0 Å². The molecule has 0 aromatic heterocycles. The maximum absolute atomic E-state index is 12.3. The highest BCUT2D eigenvalue weighted by Gasteiger charge is 2.26. The Bertz CT molecular complexity index is 454. The summed E-state index contributed by atoms with van der Waals surface area (Å²) in [5, 5.41) is 9.65. The van der Waals surface area contributed by atoms with E-state index in [-0.39, 0.29) is 23.9 Å². The topological polar surface area (TPSA) is 49.8 Å². The van der Waals surface area contributed by atoms with Gasteiger partial charge in [-0.1, -0.05) is 0 Å². The summed E-state index contributed by atoms with van der Waals surface area (Å²) in [6.45, 7) is 5.11. The second kappa shape index (κ2) is 5.44. The van der Waals surface area contributed by atoms with Crippen LogP contribution in [0.1, 0.15) is 24.2 Å². The summed E-state index contributed by atoms with van der Waals surface area (Å²) in [5.74, 6) is 0.0968. The van der Waals surface area contributed by atoms with Crippen molar-refractivity contribution in [2.75, 3.05) is 13.1 Å². The first-order valence-electron chi connectivity index (χ1n) is 5.90. The van der Waals surface area contributed by atoms with Gasteiger partial charge in [0, 0.05) is 18.7 Å². The average molecular weight is 361 g/mol. The fourth-order valence-corrected chi connectivity index (χ4v) is 2.51. The number of phenols is 1. The number of hydrogen-bond donors (Lipinski definition) is 1. The van der Waals surface area contributed by atoms with Crippen molar-refractivity contribution in [2.24, 2.45) is 0 Å². The number of hydrogen-bond acceptors (Lipinski definition) is 3. The van der Waals surface area contributed by atoms with Gasteiger partial charge >= 0.3 is 0 Å². The van der Waals surface area contributed by atoms with Crippen molar-refractivity contribution >= 4 is 28.5 Å². The maximum atomic E-state index is 12.3. The van der Waals surface area contributed by atoms with Crippen LogP contribution < -0.4 is 0 Å². The molecular weight excluding hydrogens is 345 g/mol.